The summed E-state index contributed by atoms with van der Waals surface area (Å²) in [5.41, 5.74) is 1.68. The molecule has 0 fully saturated rings. The van der Waals surface area contributed by atoms with E-state index in [9.17, 15) is 4.79 Å². The van der Waals surface area contributed by atoms with Gasteiger partial charge in [-0.2, -0.15) is 0 Å². The van der Waals surface area contributed by atoms with Crippen LogP contribution in [0.1, 0.15) is 12.5 Å². The summed E-state index contributed by atoms with van der Waals surface area (Å²) in [6.45, 7) is 4.36. The van der Waals surface area contributed by atoms with Crippen LogP contribution in [0.4, 0.5) is 5.69 Å². The summed E-state index contributed by atoms with van der Waals surface area (Å²) in [6.07, 6.45) is 0. The fraction of sp³-hybridized carbons (Fsp3) is 0.364. The van der Waals surface area contributed by atoms with Gasteiger partial charge in [-0.1, -0.05) is 17.7 Å². The molecule has 0 saturated carbocycles. The molecule has 1 N–H and O–H groups in total. The zero-order valence-electron chi connectivity index (χ0n) is 8.84. The Bertz CT molecular complexity index is 352. The number of rotatable bonds is 4. The van der Waals surface area contributed by atoms with E-state index in [1.54, 1.807) is 12.1 Å². The second kappa shape index (κ2) is 5.73. The van der Waals surface area contributed by atoms with Crippen LogP contribution >= 0.6 is 11.6 Å². The highest BCUT2D eigenvalue weighted by molar-refractivity contribution is 6.33. The predicted octanol–water partition coefficient (Wildman–Crippen LogP) is 2.62. The Morgan fingerprint density at radius 3 is 2.87 bits per heavy atom. The van der Waals surface area contributed by atoms with Gasteiger partial charge in [0.1, 0.15) is 6.61 Å². The van der Waals surface area contributed by atoms with Crippen molar-refractivity contribution in [1.82, 2.24) is 0 Å². The van der Waals surface area contributed by atoms with Crippen LogP contribution in [0.2, 0.25) is 5.02 Å². The monoisotopic (exact) mass is 227 g/mol. The van der Waals surface area contributed by atoms with Crippen LogP contribution in [0, 0.1) is 6.92 Å². The van der Waals surface area contributed by atoms with Crippen LogP contribution in [0.15, 0.2) is 18.2 Å². The van der Waals surface area contributed by atoms with Gasteiger partial charge in [0.2, 0.25) is 5.91 Å². The van der Waals surface area contributed by atoms with E-state index in [0.29, 0.717) is 17.3 Å². The highest BCUT2D eigenvalue weighted by atomic mass is 35.5. The lowest BCUT2D eigenvalue weighted by molar-refractivity contribution is -0.120. The molecule has 0 aromatic heterocycles. The standard InChI is InChI=1S/C11H14ClNO2/c1-3-15-7-11(14)13-10-5-4-8(2)6-9(10)12/h4-6H,3,7H2,1-2H3,(H,13,14). The maximum atomic E-state index is 11.3. The predicted molar refractivity (Wildman–Crippen MR) is 61.3 cm³/mol. The van der Waals surface area contributed by atoms with E-state index in [1.165, 1.54) is 0 Å². The smallest absolute Gasteiger partial charge is 0.250 e. The lowest BCUT2D eigenvalue weighted by Gasteiger charge is -2.07. The normalized spacial score (nSPS) is 10.1. The molecule has 0 atom stereocenters. The van der Waals surface area contributed by atoms with E-state index >= 15 is 0 Å². The van der Waals surface area contributed by atoms with Gasteiger partial charge in [-0.15, -0.1) is 0 Å². The number of anilines is 1. The molecule has 0 unspecified atom stereocenters. The highest BCUT2D eigenvalue weighted by Gasteiger charge is 2.05. The third-order valence-electron chi connectivity index (χ3n) is 1.84. The van der Waals surface area contributed by atoms with Gasteiger partial charge in [-0.25, -0.2) is 0 Å². The van der Waals surface area contributed by atoms with Crippen LogP contribution in [0.25, 0.3) is 0 Å². The van der Waals surface area contributed by atoms with Crippen LogP contribution in [-0.2, 0) is 9.53 Å². The summed E-state index contributed by atoms with van der Waals surface area (Å²) < 4.78 is 4.98. The second-order valence-electron chi connectivity index (χ2n) is 3.17. The van der Waals surface area contributed by atoms with Crippen molar-refractivity contribution in [1.29, 1.82) is 0 Å². The molecular weight excluding hydrogens is 214 g/mol. The zero-order valence-corrected chi connectivity index (χ0v) is 9.60. The number of amides is 1. The van der Waals surface area contributed by atoms with Crippen molar-refractivity contribution in [2.45, 2.75) is 13.8 Å². The Morgan fingerprint density at radius 1 is 1.53 bits per heavy atom. The van der Waals surface area contributed by atoms with Crippen molar-refractivity contribution in [3.05, 3.63) is 28.8 Å². The molecule has 1 aromatic rings. The fourth-order valence-corrected chi connectivity index (χ4v) is 1.38. The van der Waals surface area contributed by atoms with Crippen molar-refractivity contribution in [2.24, 2.45) is 0 Å². The molecule has 4 heteroatoms. The molecule has 82 valence electrons. The second-order valence-corrected chi connectivity index (χ2v) is 3.58. The molecule has 15 heavy (non-hydrogen) atoms. The molecule has 3 nitrogen and oxygen atoms in total. The number of carbonyl (C=O) groups excluding carboxylic acids is 1. The molecule has 0 aliphatic heterocycles. The average molecular weight is 228 g/mol. The maximum absolute atomic E-state index is 11.3. The van der Waals surface area contributed by atoms with Crippen LogP contribution in [-0.4, -0.2) is 19.1 Å². The number of hydrogen-bond acceptors (Lipinski definition) is 2. The Labute approximate surface area is 94.4 Å². The first-order valence-corrected chi connectivity index (χ1v) is 5.15. The Hall–Kier alpha value is -1.06. The number of ether oxygens (including phenoxy) is 1. The summed E-state index contributed by atoms with van der Waals surface area (Å²) in [4.78, 5) is 11.3. The van der Waals surface area contributed by atoms with E-state index in [1.807, 2.05) is 19.9 Å². The van der Waals surface area contributed by atoms with E-state index in [4.69, 9.17) is 16.3 Å². The molecule has 0 radical (unpaired) electrons. The minimum Gasteiger partial charge on any atom is -0.372 e. The molecule has 0 bridgehead atoms. The molecule has 0 saturated heterocycles. The molecule has 0 heterocycles. The quantitative estimate of drug-likeness (QED) is 0.859. The van der Waals surface area contributed by atoms with Crippen molar-refractivity contribution < 1.29 is 9.53 Å². The van der Waals surface area contributed by atoms with Gasteiger partial charge in [-0.05, 0) is 31.5 Å². The fourth-order valence-electron chi connectivity index (χ4n) is 1.10. The number of carbonyl (C=O) groups is 1. The van der Waals surface area contributed by atoms with E-state index in [0.717, 1.165) is 5.56 Å². The summed E-state index contributed by atoms with van der Waals surface area (Å²) in [7, 11) is 0. The number of hydrogen-bond donors (Lipinski definition) is 1. The van der Waals surface area contributed by atoms with Gasteiger partial charge in [0.15, 0.2) is 0 Å². The zero-order chi connectivity index (χ0) is 11.3. The Kier molecular flexibility index (Phi) is 4.59. The van der Waals surface area contributed by atoms with E-state index in [-0.39, 0.29) is 12.5 Å². The molecule has 0 aliphatic carbocycles. The largest absolute Gasteiger partial charge is 0.372 e. The number of nitrogens with one attached hydrogen (secondary N) is 1. The van der Waals surface area contributed by atoms with E-state index in [2.05, 4.69) is 5.32 Å². The lowest BCUT2D eigenvalue weighted by Crippen LogP contribution is -2.18. The number of aryl methyl sites for hydroxylation is 1. The third kappa shape index (κ3) is 3.90. The molecular formula is C11H14ClNO2. The van der Waals surface area contributed by atoms with Crippen LogP contribution < -0.4 is 5.32 Å². The lowest BCUT2D eigenvalue weighted by atomic mass is 10.2. The highest BCUT2D eigenvalue weighted by Crippen LogP contribution is 2.22. The Morgan fingerprint density at radius 2 is 2.27 bits per heavy atom. The SMILES string of the molecule is CCOCC(=O)Nc1ccc(C)cc1Cl. The average Bonchev–Trinajstić information content (AvgIpc) is 2.19. The first-order chi connectivity index (χ1) is 7.13. The first kappa shape index (κ1) is 12.0. The van der Waals surface area contributed by atoms with E-state index < -0.39 is 0 Å². The molecule has 1 amide bonds. The van der Waals surface area contributed by atoms with Crippen molar-refractivity contribution in [3.8, 4) is 0 Å². The minimum atomic E-state index is -0.192. The summed E-state index contributed by atoms with van der Waals surface area (Å²) in [5.74, 6) is -0.192. The topological polar surface area (TPSA) is 38.3 Å². The summed E-state index contributed by atoms with van der Waals surface area (Å²) >= 11 is 5.95. The van der Waals surface area contributed by atoms with Gasteiger partial charge < -0.3 is 10.1 Å². The number of halogens is 1. The van der Waals surface area contributed by atoms with Crippen molar-refractivity contribution in [2.75, 3.05) is 18.5 Å². The molecule has 0 spiro atoms. The van der Waals surface area contributed by atoms with Gasteiger partial charge in [-0.3, -0.25) is 4.79 Å². The molecule has 0 aliphatic rings. The van der Waals surface area contributed by atoms with Crippen molar-refractivity contribution in [3.63, 3.8) is 0 Å². The van der Waals surface area contributed by atoms with Gasteiger partial charge in [0.05, 0.1) is 10.7 Å². The summed E-state index contributed by atoms with van der Waals surface area (Å²) in [6, 6.07) is 5.47. The Balaban J connectivity index is 2.60. The maximum Gasteiger partial charge on any atom is 0.250 e. The van der Waals surface area contributed by atoms with Crippen LogP contribution in [0.3, 0.4) is 0 Å². The first-order valence-electron chi connectivity index (χ1n) is 4.77. The third-order valence-corrected chi connectivity index (χ3v) is 2.15. The van der Waals surface area contributed by atoms with Crippen molar-refractivity contribution >= 4 is 23.2 Å². The summed E-state index contributed by atoms with van der Waals surface area (Å²) in [5, 5.41) is 3.22. The van der Waals surface area contributed by atoms with Gasteiger partial charge in [0, 0.05) is 6.61 Å². The van der Waals surface area contributed by atoms with Crippen LogP contribution in [0.5, 0.6) is 0 Å². The van der Waals surface area contributed by atoms with Gasteiger partial charge >= 0.3 is 0 Å². The number of benzene rings is 1. The molecule has 1 rings (SSSR count). The van der Waals surface area contributed by atoms with Gasteiger partial charge in [0.25, 0.3) is 0 Å². The minimum absolute atomic E-state index is 0.0563. The molecule has 1 aromatic carbocycles.